The fraction of sp³-hybridized carbons (Fsp3) is 0.333. The summed E-state index contributed by atoms with van der Waals surface area (Å²) < 4.78 is 42.9. The number of halogens is 2. The molecule has 0 radical (unpaired) electrons. The molecule has 0 saturated heterocycles. The van der Waals surface area contributed by atoms with Gasteiger partial charge in [-0.25, -0.2) is 18.4 Å². The van der Waals surface area contributed by atoms with Crippen LogP contribution in [0.3, 0.4) is 0 Å². The smallest absolute Gasteiger partial charge is 0.364 e. The minimum absolute atomic E-state index is 0.0136. The monoisotopic (exact) mass is 476 g/mol. The van der Waals surface area contributed by atoms with Crippen molar-refractivity contribution in [1.29, 1.82) is 4.78 Å². The van der Waals surface area contributed by atoms with Gasteiger partial charge in [0.05, 0.1) is 10.2 Å². The Morgan fingerprint density at radius 2 is 2.04 bits per heavy atom. The average Bonchev–Trinajstić information content (AvgIpc) is 3.24. The lowest BCUT2D eigenvalue weighted by Gasteiger charge is -2.06. The van der Waals surface area contributed by atoms with Gasteiger partial charge in [0.25, 0.3) is 0 Å². The molecule has 0 aliphatic heterocycles. The maximum Gasteiger partial charge on any atom is 0.446 e. The largest absolute Gasteiger partial charge is 0.446 e. The minimum Gasteiger partial charge on any atom is -0.364 e. The van der Waals surface area contributed by atoms with Crippen LogP contribution in [-0.2, 0) is 9.73 Å². The van der Waals surface area contributed by atoms with Crippen molar-refractivity contribution < 1.29 is 17.8 Å². The first-order valence-electron chi connectivity index (χ1n) is 8.08. The summed E-state index contributed by atoms with van der Waals surface area (Å²) in [6, 6.07) is 3.93. The summed E-state index contributed by atoms with van der Waals surface area (Å²) >= 11 is 3.05. The van der Waals surface area contributed by atoms with Crippen molar-refractivity contribution in [3.05, 3.63) is 39.0 Å². The van der Waals surface area contributed by atoms with E-state index in [9.17, 15) is 13.4 Å². The van der Waals surface area contributed by atoms with Crippen molar-refractivity contribution in [1.82, 2.24) is 20.0 Å². The van der Waals surface area contributed by atoms with Gasteiger partial charge in [-0.3, -0.25) is 13.5 Å². The van der Waals surface area contributed by atoms with Crippen molar-refractivity contribution in [2.75, 3.05) is 23.9 Å². The van der Waals surface area contributed by atoms with E-state index in [1.54, 1.807) is 0 Å². The van der Waals surface area contributed by atoms with Gasteiger partial charge >= 0.3 is 5.76 Å². The maximum atomic E-state index is 13.5. The number of aromatic nitrogens is 4. The number of anilines is 1. The van der Waals surface area contributed by atoms with Gasteiger partial charge in [-0.15, -0.1) is 0 Å². The summed E-state index contributed by atoms with van der Waals surface area (Å²) in [7, 11) is -2.68. The quantitative estimate of drug-likeness (QED) is 0.553. The lowest BCUT2D eigenvalue weighted by molar-refractivity contribution is 0.309. The number of rotatable bonds is 6. The fourth-order valence-electron chi connectivity index (χ4n) is 2.07. The molecule has 152 valence electrons. The zero-order chi connectivity index (χ0) is 20.9. The summed E-state index contributed by atoms with van der Waals surface area (Å²) in [6.07, 6.45) is 1.32. The van der Waals surface area contributed by atoms with Crippen molar-refractivity contribution >= 4 is 31.5 Å². The SMILES string of the molecule is CC.CS(=N)(=O)CCNc1nonc1-c1noc(=O)n1-c1ccc(F)c(Br)c1. The normalized spacial score (nSPS) is 12.8. The topological polar surface area (TPSA) is 140 Å². The molecule has 0 spiro atoms. The molecule has 0 amide bonds. The van der Waals surface area contributed by atoms with Crippen LogP contribution in [0.15, 0.2) is 36.6 Å². The summed E-state index contributed by atoms with van der Waals surface area (Å²) in [5.74, 6) is -1.10. The van der Waals surface area contributed by atoms with Crippen LogP contribution in [0.25, 0.3) is 17.2 Å². The van der Waals surface area contributed by atoms with E-state index in [1.165, 1.54) is 24.5 Å². The van der Waals surface area contributed by atoms with Gasteiger partial charge in [0.15, 0.2) is 5.69 Å². The highest BCUT2D eigenvalue weighted by Crippen LogP contribution is 2.26. The summed E-state index contributed by atoms with van der Waals surface area (Å²) in [5, 5.41) is 13.9. The van der Waals surface area contributed by atoms with Gasteiger partial charge in [-0.1, -0.05) is 19.0 Å². The van der Waals surface area contributed by atoms with E-state index >= 15 is 0 Å². The van der Waals surface area contributed by atoms with Crippen LogP contribution in [0, 0.1) is 10.6 Å². The van der Waals surface area contributed by atoms with Crippen molar-refractivity contribution in [3.8, 4) is 17.2 Å². The van der Waals surface area contributed by atoms with E-state index in [2.05, 4.69) is 41.3 Å². The van der Waals surface area contributed by atoms with Gasteiger partial charge in [-0.2, -0.15) is 0 Å². The molecule has 0 fully saturated rings. The molecule has 3 rings (SSSR count). The van der Waals surface area contributed by atoms with Crippen molar-refractivity contribution in [2.45, 2.75) is 13.8 Å². The second-order valence-corrected chi connectivity index (χ2v) is 8.58. The molecule has 3 aromatic rings. The molecular formula is C15H18BrFN6O4S. The lowest BCUT2D eigenvalue weighted by Crippen LogP contribution is -2.15. The molecule has 2 N–H and O–H groups in total. The number of nitrogens with one attached hydrogen (secondary N) is 2. The van der Waals surface area contributed by atoms with E-state index in [0.29, 0.717) is 0 Å². The minimum atomic E-state index is -2.68. The number of hydrogen-bond acceptors (Lipinski definition) is 9. The van der Waals surface area contributed by atoms with Crippen LogP contribution in [0.2, 0.25) is 0 Å². The van der Waals surface area contributed by atoms with Crippen molar-refractivity contribution in [2.24, 2.45) is 0 Å². The third-order valence-electron chi connectivity index (χ3n) is 3.25. The predicted octanol–water partition coefficient (Wildman–Crippen LogP) is 2.89. The van der Waals surface area contributed by atoms with Crippen LogP contribution in [0.5, 0.6) is 0 Å². The first-order chi connectivity index (χ1) is 13.3. The van der Waals surface area contributed by atoms with Gasteiger partial charge in [-0.05, 0) is 44.4 Å². The highest BCUT2D eigenvalue weighted by molar-refractivity contribution is 9.10. The molecule has 10 nitrogen and oxygen atoms in total. The van der Waals surface area contributed by atoms with Gasteiger partial charge < -0.3 is 5.32 Å². The molecule has 1 atom stereocenters. The molecule has 0 bridgehead atoms. The molecular weight excluding hydrogens is 459 g/mol. The predicted molar refractivity (Wildman–Crippen MR) is 105 cm³/mol. The maximum absolute atomic E-state index is 13.5. The average molecular weight is 477 g/mol. The first kappa shape index (κ1) is 21.8. The molecule has 1 aromatic carbocycles. The van der Waals surface area contributed by atoms with Crippen LogP contribution in [0.1, 0.15) is 13.8 Å². The van der Waals surface area contributed by atoms with Crippen LogP contribution >= 0.6 is 15.9 Å². The molecule has 28 heavy (non-hydrogen) atoms. The third-order valence-corrected chi connectivity index (χ3v) is 4.84. The van der Waals surface area contributed by atoms with E-state index in [-0.39, 0.29) is 39.8 Å². The molecule has 1 unspecified atom stereocenters. The molecule has 13 heteroatoms. The van der Waals surface area contributed by atoms with E-state index in [4.69, 9.17) is 9.30 Å². The Hall–Kier alpha value is -2.54. The molecule has 0 saturated carbocycles. The fourth-order valence-corrected chi connectivity index (χ4v) is 2.93. The van der Waals surface area contributed by atoms with Crippen LogP contribution in [0.4, 0.5) is 10.2 Å². The standard InChI is InChI=1S/C13H12BrFN6O4S.C2H6/c1-26(16,23)5-4-17-11-10(18-25-19-11)12-20-24-13(22)21(12)7-2-3-9(15)8(14)6-7;1-2/h2-3,6,16H,4-5H2,1H3,(H,17,19);1-2H3. The second kappa shape index (κ2) is 9.10. The Balaban J connectivity index is 0.00000136. The molecule has 0 aliphatic rings. The van der Waals surface area contributed by atoms with Crippen molar-refractivity contribution in [3.63, 3.8) is 0 Å². The number of benzene rings is 1. The van der Waals surface area contributed by atoms with E-state index in [1.807, 2.05) is 13.8 Å². The van der Waals surface area contributed by atoms with Gasteiger partial charge in [0.1, 0.15) is 5.82 Å². The van der Waals surface area contributed by atoms with E-state index in [0.717, 1.165) is 4.57 Å². The van der Waals surface area contributed by atoms with Crippen LogP contribution in [-0.4, -0.2) is 42.8 Å². The summed E-state index contributed by atoms with van der Waals surface area (Å²) in [4.78, 5) is 12.1. The number of nitrogens with zero attached hydrogens (tertiary/aromatic N) is 4. The molecule has 2 aromatic heterocycles. The Morgan fingerprint density at radius 1 is 1.32 bits per heavy atom. The third kappa shape index (κ3) is 5.04. The summed E-state index contributed by atoms with van der Waals surface area (Å²) in [6.45, 7) is 4.17. The zero-order valence-corrected chi connectivity index (χ0v) is 17.6. The zero-order valence-electron chi connectivity index (χ0n) is 15.2. The highest BCUT2D eigenvalue weighted by atomic mass is 79.9. The Labute approximate surface area is 168 Å². The lowest BCUT2D eigenvalue weighted by atomic mass is 10.3. The highest BCUT2D eigenvalue weighted by Gasteiger charge is 2.23. The first-order valence-corrected chi connectivity index (χ1v) is 11.0. The second-order valence-electron chi connectivity index (χ2n) is 5.30. The Bertz CT molecular complexity index is 1110. The molecule has 2 heterocycles. The Kier molecular flexibility index (Phi) is 7.07. The molecule has 0 aliphatic carbocycles. The Morgan fingerprint density at radius 3 is 2.68 bits per heavy atom. The number of hydrogen-bond donors (Lipinski definition) is 2. The van der Waals surface area contributed by atoms with Gasteiger partial charge in [0.2, 0.25) is 11.6 Å². The van der Waals surface area contributed by atoms with Crippen LogP contribution < -0.4 is 11.1 Å². The van der Waals surface area contributed by atoms with E-state index < -0.39 is 21.3 Å². The summed E-state index contributed by atoms with van der Waals surface area (Å²) in [5.41, 5.74) is 0.361. The van der Waals surface area contributed by atoms with Gasteiger partial charge in [0, 0.05) is 28.3 Å².